The molecule has 0 aliphatic heterocycles. The van der Waals surface area contributed by atoms with Gasteiger partial charge < -0.3 is 15.2 Å². The second kappa shape index (κ2) is 8.64. The molecule has 7 nitrogen and oxygen atoms in total. The van der Waals surface area contributed by atoms with Crippen LogP contribution in [0.2, 0.25) is 0 Å². The first-order chi connectivity index (χ1) is 7.60. The molecule has 0 bridgehead atoms. The molecule has 16 heavy (non-hydrogen) atoms. The summed E-state index contributed by atoms with van der Waals surface area (Å²) in [6.45, 7) is 0.326. The van der Waals surface area contributed by atoms with E-state index in [-0.39, 0.29) is 25.5 Å². The highest BCUT2D eigenvalue weighted by Gasteiger charge is 2.13. The highest BCUT2D eigenvalue weighted by molar-refractivity contribution is 5.79. The van der Waals surface area contributed by atoms with Gasteiger partial charge in [-0.25, -0.2) is 0 Å². The van der Waals surface area contributed by atoms with Gasteiger partial charge in [-0.3, -0.25) is 14.5 Å². The Kier molecular flexibility index (Phi) is 7.75. The number of ether oxygens (including phenoxy) is 1. The summed E-state index contributed by atoms with van der Waals surface area (Å²) in [6.07, 6.45) is 0. The molecule has 7 heteroatoms. The molecule has 0 aliphatic carbocycles. The highest BCUT2D eigenvalue weighted by Crippen LogP contribution is 1.88. The van der Waals surface area contributed by atoms with Crippen molar-refractivity contribution in [1.29, 1.82) is 5.26 Å². The minimum atomic E-state index is -1.01. The average molecular weight is 229 g/mol. The third-order valence-electron chi connectivity index (χ3n) is 1.70. The average Bonchev–Trinajstić information content (AvgIpc) is 2.22. The molecule has 0 unspecified atom stereocenters. The van der Waals surface area contributed by atoms with Gasteiger partial charge >= 0.3 is 5.97 Å². The second-order valence-electron chi connectivity index (χ2n) is 3.03. The summed E-state index contributed by atoms with van der Waals surface area (Å²) in [5, 5.41) is 19.2. The number of hydrogen-bond acceptors (Lipinski definition) is 5. The van der Waals surface area contributed by atoms with Crippen LogP contribution >= 0.6 is 0 Å². The molecule has 1 amide bonds. The quantitative estimate of drug-likeness (QED) is 0.499. The van der Waals surface area contributed by atoms with Crippen molar-refractivity contribution in [2.45, 2.75) is 0 Å². The van der Waals surface area contributed by atoms with Crippen molar-refractivity contribution in [2.24, 2.45) is 0 Å². The Labute approximate surface area is 93.6 Å². The predicted molar refractivity (Wildman–Crippen MR) is 54.6 cm³/mol. The van der Waals surface area contributed by atoms with Crippen LogP contribution in [0, 0.1) is 11.3 Å². The van der Waals surface area contributed by atoms with Crippen molar-refractivity contribution >= 4 is 11.9 Å². The van der Waals surface area contributed by atoms with E-state index in [1.54, 1.807) is 6.07 Å². The van der Waals surface area contributed by atoms with Crippen LogP contribution in [0.3, 0.4) is 0 Å². The van der Waals surface area contributed by atoms with E-state index in [0.717, 1.165) is 0 Å². The van der Waals surface area contributed by atoms with Crippen LogP contribution < -0.4 is 5.32 Å². The standard InChI is InChI=1S/C9H15N3O4/c1-16-5-4-12(7-9(14)15)6-8(13)11-3-2-10/h3-7H2,1H3,(H,11,13)(H,14,15). The van der Waals surface area contributed by atoms with E-state index in [9.17, 15) is 9.59 Å². The van der Waals surface area contributed by atoms with Gasteiger partial charge in [0.05, 0.1) is 25.8 Å². The summed E-state index contributed by atoms with van der Waals surface area (Å²) in [5.74, 6) is -1.39. The number of aliphatic carboxylic acids is 1. The number of nitrogens with one attached hydrogen (secondary N) is 1. The van der Waals surface area contributed by atoms with Gasteiger partial charge in [0.25, 0.3) is 0 Å². The van der Waals surface area contributed by atoms with Crippen molar-refractivity contribution in [3.63, 3.8) is 0 Å². The molecule has 0 fully saturated rings. The monoisotopic (exact) mass is 229 g/mol. The maximum atomic E-state index is 11.2. The molecule has 90 valence electrons. The summed E-state index contributed by atoms with van der Waals surface area (Å²) < 4.78 is 4.80. The molecule has 0 aromatic rings. The zero-order valence-electron chi connectivity index (χ0n) is 9.10. The fourth-order valence-electron chi connectivity index (χ4n) is 1.02. The summed E-state index contributed by atoms with van der Waals surface area (Å²) in [5.41, 5.74) is 0. The Morgan fingerprint density at radius 1 is 1.50 bits per heavy atom. The fraction of sp³-hybridized carbons (Fsp3) is 0.667. The fourth-order valence-corrected chi connectivity index (χ4v) is 1.02. The van der Waals surface area contributed by atoms with E-state index in [1.165, 1.54) is 12.0 Å². The molecule has 0 radical (unpaired) electrons. The Morgan fingerprint density at radius 3 is 2.69 bits per heavy atom. The van der Waals surface area contributed by atoms with Crippen LogP contribution in [0.25, 0.3) is 0 Å². The van der Waals surface area contributed by atoms with Crippen molar-refractivity contribution in [3.05, 3.63) is 0 Å². The van der Waals surface area contributed by atoms with Crippen LogP contribution in [0.4, 0.5) is 0 Å². The lowest BCUT2D eigenvalue weighted by Crippen LogP contribution is -2.41. The number of carbonyl (C=O) groups is 2. The zero-order chi connectivity index (χ0) is 12.4. The lowest BCUT2D eigenvalue weighted by atomic mass is 10.4. The molecule has 0 atom stereocenters. The molecule has 0 saturated heterocycles. The first-order valence-electron chi connectivity index (χ1n) is 4.67. The van der Waals surface area contributed by atoms with E-state index in [1.807, 2.05) is 0 Å². The minimum Gasteiger partial charge on any atom is -0.480 e. The molecule has 0 aromatic heterocycles. The molecular weight excluding hydrogens is 214 g/mol. The summed E-state index contributed by atoms with van der Waals surface area (Å²) >= 11 is 0. The van der Waals surface area contributed by atoms with Gasteiger partial charge in [0, 0.05) is 13.7 Å². The maximum Gasteiger partial charge on any atom is 0.317 e. The van der Waals surface area contributed by atoms with Gasteiger partial charge in [0.2, 0.25) is 5.91 Å². The van der Waals surface area contributed by atoms with E-state index in [0.29, 0.717) is 13.2 Å². The third-order valence-corrected chi connectivity index (χ3v) is 1.70. The van der Waals surface area contributed by atoms with Crippen LogP contribution in [-0.2, 0) is 14.3 Å². The number of amides is 1. The Hall–Kier alpha value is -1.65. The normalized spacial score (nSPS) is 9.81. The molecule has 0 spiro atoms. The van der Waals surface area contributed by atoms with E-state index < -0.39 is 5.97 Å². The van der Waals surface area contributed by atoms with Crippen molar-refractivity contribution in [1.82, 2.24) is 10.2 Å². The van der Waals surface area contributed by atoms with Crippen LogP contribution in [0.1, 0.15) is 0 Å². The zero-order valence-corrected chi connectivity index (χ0v) is 9.10. The largest absolute Gasteiger partial charge is 0.480 e. The smallest absolute Gasteiger partial charge is 0.317 e. The van der Waals surface area contributed by atoms with Crippen LogP contribution in [0.5, 0.6) is 0 Å². The van der Waals surface area contributed by atoms with Gasteiger partial charge in [0.15, 0.2) is 0 Å². The van der Waals surface area contributed by atoms with E-state index >= 15 is 0 Å². The maximum absolute atomic E-state index is 11.2. The first-order valence-corrected chi connectivity index (χ1v) is 4.67. The van der Waals surface area contributed by atoms with Crippen molar-refractivity contribution in [3.8, 4) is 6.07 Å². The number of carboxylic acid groups (broad SMARTS) is 1. The van der Waals surface area contributed by atoms with Crippen molar-refractivity contribution < 1.29 is 19.4 Å². The molecule has 0 aromatic carbocycles. The number of nitriles is 1. The molecular formula is C9H15N3O4. The van der Waals surface area contributed by atoms with Gasteiger partial charge in [-0.1, -0.05) is 0 Å². The third kappa shape index (κ3) is 7.73. The number of hydrogen-bond donors (Lipinski definition) is 2. The topological polar surface area (TPSA) is 103 Å². The number of rotatable bonds is 8. The number of carbonyl (C=O) groups excluding carboxylic acids is 1. The van der Waals surface area contributed by atoms with Gasteiger partial charge in [0.1, 0.15) is 6.54 Å². The number of methoxy groups -OCH3 is 1. The van der Waals surface area contributed by atoms with Crippen molar-refractivity contribution in [2.75, 3.05) is 39.9 Å². The minimum absolute atomic E-state index is 0.0582. The molecule has 0 rings (SSSR count). The lowest BCUT2D eigenvalue weighted by molar-refractivity contribution is -0.138. The van der Waals surface area contributed by atoms with Gasteiger partial charge in [-0.2, -0.15) is 5.26 Å². The van der Waals surface area contributed by atoms with Gasteiger partial charge in [-0.05, 0) is 0 Å². The molecule has 2 N–H and O–H groups in total. The Morgan fingerprint density at radius 2 is 2.19 bits per heavy atom. The number of nitrogens with zero attached hydrogens (tertiary/aromatic N) is 2. The van der Waals surface area contributed by atoms with Gasteiger partial charge in [-0.15, -0.1) is 0 Å². The van der Waals surface area contributed by atoms with Crippen LogP contribution in [0.15, 0.2) is 0 Å². The molecule has 0 aliphatic rings. The SMILES string of the molecule is COCCN(CC(=O)O)CC(=O)NCC#N. The summed E-state index contributed by atoms with van der Waals surface area (Å²) in [4.78, 5) is 23.2. The van der Waals surface area contributed by atoms with Crippen LogP contribution in [-0.4, -0.2) is 61.8 Å². The van der Waals surface area contributed by atoms with E-state index in [4.69, 9.17) is 15.1 Å². The Balaban J connectivity index is 4.03. The first kappa shape index (κ1) is 14.3. The summed E-state index contributed by atoms with van der Waals surface area (Å²) in [7, 11) is 1.49. The predicted octanol–water partition coefficient (Wildman–Crippen LogP) is -1.34. The Bertz CT molecular complexity index is 274. The highest BCUT2D eigenvalue weighted by atomic mass is 16.5. The van der Waals surface area contributed by atoms with E-state index in [2.05, 4.69) is 5.32 Å². The number of carboxylic acids is 1. The second-order valence-corrected chi connectivity index (χ2v) is 3.03. The summed E-state index contributed by atoms with van der Waals surface area (Å²) in [6, 6.07) is 1.76. The lowest BCUT2D eigenvalue weighted by Gasteiger charge is -2.18. The molecule has 0 heterocycles. The molecule has 0 saturated carbocycles.